The zero-order valence-electron chi connectivity index (χ0n) is 17.4. The van der Waals surface area contributed by atoms with Gasteiger partial charge in [-0.05, 0) is 53.9 Å². The summed E-state index contributed by atoms with van der Waals surface area (Å²) >= 11 is 0. The molecule has 0 aromatic heterocycles. The average Bonchev–Trinajstić information content (AvgIpc) is 2.80. The van der Waals surface area contributed by atoms with Crippen LogP contribution in [-0.4, -0.2) is 40.4 Å². The van der Waals surface area contributed by atoms with Gasteiger partial charge in [0, 0.05) is 12.1 Å². The van der Waals surface area contributed by atoms with Crippen LogP contribution in [0.2, 0.25) is 0 Å². The first kappa shape index (κ1) is 22.6. The molecule has 8 nitrogen and oxygen atoms in total. The maximum absolute atomic E-state index is 12.6. The molecule has 0 heterocycles. The van der Waals surface area contributed by atoms with Crippen molar-refractivity contribution < 1.29 is 28.5 Å². The lowest BCUT2D eigenvalue weighted by molar-refractivity contribution is -0.142. The summed E-state index contributed by atoms with van der Waals surface area (Å²) in [7, 11) is 5.62. The number of aryl methyl sites for hydroxylation is 1. The van der Waals surface area contributed by atoms with Gasteiger partial charge in [-0.15, -0.1) is 0 Å². The van der Waals surface area contributed by atoms with Gasteiger partial charge in [-0.25, -0.2) is 4.79 Å². The highest BCUT2D eigenvalue weighted by molar-refractivity contribution is 5.82. The van der Waals surface area contributed by atoms with Crippen molar-refractivity contribution in [1.29, 1.82) is 5.26 Å². The van der Waals surface area contributed by atoms with E-state index in [-0.39, 0.29) is 12.4 Å². The molecule has 2 aromatic rings. The lowest BCUT2D eigenvalue weighted by atomic mass is 9.95. The summed E-state index contributed by atoms with van der Waals surface area (Å²) in [6, 6.07) is 11.3. The number of methoxy groups -OCH3 is 4. The minimum atomic E-state index is -0.879. The van der Waals surface area contributed by atoms with Crippen LogP contribution in [0.5, 0.6) is 11.5 Å². The van der Waals surface area contributed by atoms with Gasteiger partial charge in [0.2, 0.25) is 0 Å². The maximum atomic E-state index is 12.6. The van der Waals surface area contributed by atoms with Gasteiger partial charge >= 0.3 is 11.9 Å². The van der Waals surface area contributed by atoms with E-state index in [0.717, 1.165) is 0 Å². The first-order valence-electron chi connectivity index (χ1n) is 9.13. The molecule has 1 N–H and O–H groups in total. The van der Waals surface area contributed by atoms with Crippen LogP contribution in [0.4, 0.5) is 5.69 Å². The summed E-state index contributed by atoms with van der Waals surface area (Å²) in [4.78, 5) is 24.3. The van der Waals surface area contributed by atoms with E-state index in [1.165, 1.54) is 28.4 Å². The van der Waals surface area contributed by atoms with Crippen LogP contribution in [0.3, 0.4) is 0 Å². The Balaban J connectivity index is 2.51. The van der Waals surface area contributed by atoms with Gasteiger partial charge in [-0.2, -0.15) is 5.26 Å². The summed E-state index contributed by atoms with van der Waals surface area (Å²) in [6.45, 7) is 0. The Morgan fingerprint density at radius 2 is 1.63 bits per heavy atom. The van der Waals surface area contributed by atoms with Crippen molar-refractivity contribution in [2.45, 2.75) is 18.9 Å². The van der Waals surface area contributed by atoms with Crippen molar-refractivity contribution in [3.05, 3.63) is 53.1 Å². The van der Waals surface area contributed by atoms with Crippen molar-refractivity contribution in [3.8, 4) is 17.6 Å². The topological polar surface area (TPSA) is 107 Å². The van der Waals surface area contributed by atoms with E-state index in [2.05, 4.69) is 5.32 Å². The molecule has 0 bridgehead atoms. The minimum Gasteiger partial charge on any atom is -0.493 e. The van der Waals surface area contributed by atoms with E-state index < -0.39 is 12.0 Å². The number of hydrogen-bond donors (Lipinski definition) is 1. The first-order valence-corrected chi connectivity index (χ1v) is 9.13. The van der Waals surface area contributed by atoms with E-state index in [1.807, 2.05) is 6.07 Å². The van der Waals surface area contributed by atoms with Crippen LogP contribution in [-0.2, 0) is 25.5 Å². The van der Waals surface area contributed by atoms with Crippen molar-refractivity contribution in [2.75, 3.05) is 33.8 Å². The molecule has 0 radical (unpaired) electrons. The number of carbonyl (C=O) groups excluding carboxylic acids is 2. The predicted octanol–water partition coefficient (Wildman–Crippen LogP) is 3.01. The maximum Gasteiger partial charge on any atom is 0.333 e. The molecule has 0 saturated heterocycles. The molecular formula is C22H24N2O6. The van der Waals surface area contributed by atoms with Crippen LogP contribution < -0.4 is 14.8 Å². The van der Waals surface area contributed by atoms with Gasteiger partial charge in [0.25, 0.3) is 0 Å². The molecule has 0 aliphatic heterocycles. The molecule has 1 unspecified atom stereocenters. The molecule has 0 aliphatic carbocycles. The number of ether oxygens (including phenoxy) is 4. The Morgan fingerprint density at radius 1 is 1.00 bits per heavy atom. The summed E-state index contributed by atoms with van der Waals surface area (Å²) in [5.41, 5.74) is 2.40. The summed E-state index contributed by atoms with van der Waals surface area (Å²) < 4.78 is 20.5. The molecular weight excluding hydrogens is 388 g/mol. The molecule has 0 spiro atoms. The molecule has 8 heteroatoms. The van der Waals surface area contributed by atoms with E-state index in [4.69, 9.17) is 24.2 Å². The Morgan fingerprint density at radius 3 is 2.17 bits per heavy atom. The van der Waals surface area contributed by atoms with E-state index in [9.17, 15) is 9.59 Å². The second-order valence-corrected chi connectivity index (χ2v) is 6.27. The fourth-order valence-electron chi connectivity index (χ4n) is 2.95. The lowest BCUT2D eigenvalue weighted by Crippen LogP contribution is -2.24. The highest BCUT2D eigenvalue weighted by Crippen LogP contribution is 2.35. The number of esters is 2. The van der Waals surface area contributed by atoms with Gasteiger partial charge in [-0.3, -0.25) is 4.79 Å². The monoisotopic (exact) mass is 412 g/mol. The Kier molecular flexibility index (Phi) is 8.06. The number of rotatable bonds is 9. The third kappa shape index (κ3) is 5.41. The third-order valence-electron chi connectivity index (χ3n) is 4.54. The van der Waals surface area contributed by atoms with Crippen LogP contribution in [0.1, 0.15) is 29.2 Å². The molecule has 0 aliphatic rings. The smallest absolute Gasteiger partial charge is 0.333 e. The number of nitriles is 1. The number of benzene rings is 2. The largest absolute Gasteiger partial charge is 0.493 e. The van der Waals surface area contributed by atoms with Crippen molar-refractivity contribution in [2.24, 2.45) is 0 Å². The van der Waals surface area contributed by atoms with Gasteiger partial charge in [-0.1, -0.05) is 0 Å². The lowest BCUT2D eigenvalue weighted by Gasteiger charge is -2.23. The molecule has 0 fully saturated rings. The molecule has 158 valence electrons. The van der Waals surface area contributed by atoms with E-state index in [0.29, 0.717) is 40.3 Å². The summed E-state index contributed by atoms with van der Waals surface area (Å²) in [5, 5.41) is 12.1. The summed E-state index contributed by atoms with van der Waals surface area (Å²) in [6.07, 6.45) is 0.453. The number of anilines is 1. The SMILES string of the molecule is COC(=O)CCc1cc(OC)c(OC)cc1C(Nc1ccc(C#N)cc1)C(=O)OC. The first-order chi connectivity index (χ1) is 14.5. The number of nitrogens with one attached hydrogen (secondary N) is 1. The standard InChI is InChI=1S/C22H24N2O6/c1-27-18-11-15(7-10-20(25)29-3)17(12-19(18)28-2)21(22(26)30-4)24-16-8-5-14(13-23)6-9-16/h5-6,8-9,11-12,21,24H,7,10H2,1-4H3. The zero-order valence-corrected chi connectivity index (χ0v) is 17.4. The van der Waals surface area contributed by atoms with Crippen molar-refractivity contribution >= 4 is 17.6 Å². The normalized spacial score (nSPS) is 11.0. The quantitative estimate of drug-likeness (QED) is 0.627. The molecule has 0 saturated carbocycles. The van der Waals surface area contributed by atoms with Gasteiger partial charge in [0.15, 0.2) is 17.5 Å². The number of nitrogens with zero attached hydrogens (tertiary/aromatic N) is 1. The third-order valence-corrected chi connectivity index (χ3v) is 4.54. The fraction of sp³-hybridized carbons (Fsp3) is 0.318. The Hall–Kier alpha value is -3.73. The van der Waals surface area contributed by atoms with Crippen LogP contribution in [0, 0.1) is 11.3 Å². The number of hydrogen-bond acceptors (Lipinski definition) is 8. The predicted molar refractivity (Wildman–Crippen MR) is 109 cm³/mol. The molecule has 30 heavy (non-hydrogen) atoms. The Labute approximate surface area is 175 Å². The fourth-order valence-corrected chi connectivity index (χ4v) is 2.95. The second kappa shape index (κ2) is 10.7. The minimum absolute atomic E-state index is 0.129. The van der Waals surface area contributed by atoms with Gasteiger partial charge in [0.1, 0.15) is 0 Å². The van der Waals surface area contributed by atoms with Gasteiger partial charge < -0.3 is 24.3 Å². The van der Waals surface area contributed by atoms with E-state index >= 15 is 0 Å². The summed E-state index contributed by atoms with van der Waals surface area (Å²) in [5.74, 6) is 0.0178. The molecule has 1 atom stereocenters. The molecule has 2 aromatic carbocycles. The van der Waals surface area contributed by atoms with E-state index in [1.54, 1.807) is 36.4 Å². The van der Waals surface area contributed by atoms with Crippen molar-refractivity contribution in [1.82, 2.24) is 0 Å². The molecule has 2 rings (SSSR count). The average molecular weight is 412 g/mol. The molecule has 0 amide bonds. The number of carbonyl (C=O) groups is 2. The van der Waals surface area contributed by atoms with Crippen LogP contribution in [0.15, 0.2) is 36.4 Å². The second-order valence-electron chi connectivity index (χ2n) is 6.27. The highest BCUT2D eigenvalue weighted by Gasteiger charge is 2.26. The van der Waals surface area contributed by atoms with Crippen molar-refractivity contribution in [3.63, 3.8) is 0 Å². The Bertz CT molecular complexity index is 934. The van der Waals surface area contributed by atoms with Crippen LogP contribution >= 0.6 is 0 Å². The highest BCUT2D eigenvalue weighted by atomic mass is 16.5. The van der Waals surface area contributed by atoms with Gasteiger partial charge in [0.05, 0.1) is 40.1 Å². The zero-order chi connectivity index (χ0) is 22.1. The van der Waals surface area contributed by atoms with Crippen LogP contribution in [0.25, 0.3) is 0 Å².